The van der Waals surface area contributed by atoms with Gasteiger partial charge in [-0.25, -0.2) is 4.98 Å². The van der Waals surface area contributed by atoms with Gasteiger partial charge in [0.05, 0.1) is 0 Å². The number of nitrogens with zero attached hydrogens (tertiary/aromatic N) is 1. The number of nitrogens with one attached hydrogen (secondary N) is 1. The van der Waals surface area contributed by atoms with Crippen LogP contribution in [0.5, 0.6) is 0 Å². The van der Waals surface area contributed by atoms with Crippen molar-refractivity contribution in [2.24, 2.45) is 5.92 Å². The molecule has 0 aliphatic heterocycles. The normalized spacial score (nSPS) is 22.5. The van der Waals surface area contributed by atoms with Gasteiger partial charge in [0.25, 0.3) is 5.91 Å². The molecule has 1 amide bonds. The summed E-state index contributed by atoms with van der Waals surface area (Å²) in [5.74, 6) is 1.20. The SMILES string of the molecule is CCCc1cc(C(=O)NC2CCC(C)CC2)cc(N)n1. The molecule has 4 heteroatoms. The number of hydrogen-bond acceptors (Lipinski definition) is 3. The summed E-state index contributed by atoms with van der Waals surface area (Å²) in [6.45, 7) is 4.37. The molecule has 1 aromatic heterocycles. The first-order valence-corrected chi connectivity index (χ1v) is 7.65. The quantitative estimate of drug-likeness (QED) is 0.887. The van der Waals surface area contributed by atoms with Crippen molar-refractivity contribution >= 4 is 11.7 Å². The maximum atomic E-state index is 12.3. The molecule has 1 aliphatic rings. The van der Waals surface area contributed by atoms with Gasteiger partial charge < -0.3 is 11.1 Å². The number of aryl methyl sites for hydroxylation is 1. The summed E-state index contributed by atoms with van der Waals surface area (Å²) in [5, 5.41) is 3.13. The van der Waals surface area contributed by atoms with E-state index in [1.807, 2.05) is 6.07 Å². The van der Waals surface area contributed by atoms with Crippen LogP contribution in [0.25, 0.3) is 0 Å². The highest BCUT2D eigenvalue weighted by molar-refractivity contribution is 5.95. The Morgan fingerprint density at radius 1 is 1.35 bits per heavy atom. The number of aromatic nitrogens is 1. The Bertz CT molecular complexity index is 465. The second-order valence-corrected chi connectivity index (χ2v) is 5.95. The van der Waals surface area contributed by atoms with Crippen molar-refractivity contribution in [1.82, 2.24) is 10.3 Å². The summed E-state index contributed by atoms with van der Waals surface area (Å²) in [5.41, 5.74) is 7.32. The van der Waals surface area contributed by atoms with Crippen molar-refractivity contribution in [2.75, 3.05) is 5.73 Å². The van der Waals surface area contributed by atoms with E-state index in [0.717, 1.165) is 37.3 Å². The van der Waals surface area contributed by atoms with Crippen LogP contribution in [0.1, 0.15) is 62.0 Å². The lowest BCUT2D eigenvalue weighted by molar-refractivity contribution is 0.0923. The third-order valence-electron chi connectivity index (χ3n) is 4.02. The second-order valence-electron chi connectivity index (χ2n) is 5.95. The molecule has 0 radical (unpaired) electrons. The van der Waals surface area contributed by atoms with E-state index >= 15 is 0 Å². The fraction of sp³-hybridized carbons (Fsp3) is 0.625. The first-order valence-electron chi connectivity index (χ1n) is 7.65. The monoisotopic (exact) mass is 275 g/mol. The summed E-state index contributed by atoms with van der Waals surface area (Å²) in [4.78, 5) is 16.6. The first kappa shape index (κ1) is 14.8. The molecule has 1 heterocycles. The number of carbonyl (C=O) groups is 1. The van der Waals surface area contributed by atoms with Crippen LogP contribution in [0.4, 0.5) is 5.82 Å². The van der Waals surface area contributed by atoms with Crippen molar-refractivity contribution in [3.8, 4) is 0 Å². The molecule has 1 aliphatic carbocycles. The van der Waals surface area contributed by atoms with Crippen LogP contribution in [0.3, 0.4) is 0 Å². The predicted octanol–water partition coefficient (Wildman–Crippen LogP) is 2.92. The minimum Gasteiger partial charge on any atom is -0.384 e. The van der Waals surface area contributed by atoms with Gasteiger partial charge in [0.1, 0.15) is 5.82 Å². The van der Waals surface area contributed by atoms with Gasteiger partial charge in [-0.2, -0.15) is 0 Å². The van der Waals surface area contributed by atoms with E-state index in [4.69, 9.17) is 5.73 Å². The van der Waals surface area contributed by atoms with Gasteiger partial charge in [-0.05, 0) is 50.2 Å². The number of nitrogen functional groups attached to an aromatic ring is 1. The number of hydrogen-bond donors (Lipinski definition) is 2. The van der Waals surface area contributed by atoms with Crippen LogP contribution in [0, 0.1) is 5.92 Å². The van der Waals surface area contributed by atoms with Crippen molar-refractivity contribution in [1.29, 1.82) is 0 Å². The van der Waals surface area contributed by atoms with Gasteiger partial charge in [-0.1, -0.05) is 20.3 Å². The molecule has 0 saturated heterocycles. The topological polar surface area (TPSA) is 68.0 Å². The van der Waals surface area contributed by atoms with E-state index in [-0.39, 0.29) is 5.91 Å². The fourth-order valence-electron chi connectivity index (χ4n) is 2.80. The lowest BCUT2D eigenvalue weighted by Gasteiger charge is -2.27. The summed E-state index contributed by atoms with van der Waals surface area (Å²) in [6.07, 6.45) is 6.41. The lowest BCUT2D eigenvalue weighted by atomic mass is 9.87. The average molecular weight is 275 g/mol. The summed E-state index contributed by atoms with van der Waals surface area (Å²) < 4.78 is 0. The van der Waals surface area contributed by atoms with Crippen LogP contribution in [0.15, 0.2) is 12.1 Å². The Balaban J connectivity index is 2.01. The van der Waals surface area contributed by atoms with Crippen LogP contribution < -0.4 is 11.1 Å². The van der Waals surface area contributed by atoms with E-state index in [9.17, 15) is 4.79 Å². The van der Waals surface area contributed by atoms with E-state index in [1.165, 1.54) is 12.8 Å². The fourth-order valence-corrected chi connectivity index (χ4v) is 2.80. The summed E-state index contributed by atoms with van der Waals surface area (Å²) in [6, 6.07) is 3.84. The zero-order valence-corrected chi connectivity index (χ0v) is 12.5. The standard InChI is InChI=1S/C16H25N3O/c1-3-4-14-9-12(10-15(17)18-14)16(20)19-13-7-5-11(2)6-8-13/h9-11,13H,3-8H2,1-2H3,(H2,17,18)(H,19,20). The number of rotatable bonds is 4. The second kappa shape index (κ2) is 6.73. The van der Waals surface area contributed by atoms with Gasteiger partial charge in [-0.3, -0.25) is 4.79 Å². The number of anilines is 1. The molecule has 1 saturated carbocycles. The maximum absolute atomic E-state index is 12.3. The largest absolute Gasteiger partial charge is 0.384 e. The Morgan fingerprint density at radius 3 is 2.70 bits per heavy atom. The average Bonchev–Trinajstić information content (AvgIpc) is 2.41. The number of pyridine rings is 1. The van der Waals surface area contributed by atoms with Crippen LogP contribution in [-0.2, 0) is 6.42 Å². The van der Waals surface area contributed by atoms with Crippen molar-refractivity contribution in [3.63, 3.8) is 0 Å². The van der Waals surface area contributed by atoms with Crippen LogP contribution >= 0.6 is 0 Å². The van der Waals surface area contributed by atoms with E-state index in [0.29, 0.717) is 17.4 Å². The van der Waals surface area contributed by atoms with Gasteiger partial charge in [0.2, 0.25) is 0 Å². The molecule has 2 rings (SSSR count). The van der Waals surface area contributed by atoms with E-state index < -0.39 is 0 Å². The predicted molar refractivity (Wildman–Crippen MR) is 81.5 cm³/mol. The summed E-state index contributed by atoms with van der Waals surface area (Å²) >= 11 is 0. The highest BCUT2D eigenvalue weighted by Gasteiger charge is 2.20. The lowest BCUT2D eigenvalue weighted by Crippen LogP contribution is -2.37. The number of amides is 1. The third kappa shape index (κ3) is 3.95. The van der Waals surface area contributed by atoms with Gasteiger partial charge >= 0.3 is 0 Å². The Kier molecular flexibility index (Phi) is 4.99. The molecule has 4 nitrogen and oxygen atoms in total. The van der Waals surface area contributed by atoms with Gasteiger partial charge in [0.15, 0.2) is 0 Å². The molecule has 0 spiro atoms. The molecule has 0 aromatic carbocycles. The zero-order chi connectivity index (χ0) is 14.5. The minimum absolute atomic E-state index is 0.0176. The minimum atomic E-state index is -0.0176. The first-order chi connectivity index (χ1) is 9.58. The number of carbonyl (C=O) groups excluding carboxylic acids is 1. The highest BCUT2D eigenvalue weighted by atomic mass is 16.1. The van der Waals surface area contributed by atoms with E-state index in [1.54, 1.807) is 6.07 Å². The molecule has 0 bridgehead atoms. The Morgan fingerprint density at radius 2 is 2.05 bits per heavy atom. The van der Waals surface area contributed by atoms with Crippen molar-refractivity contribution < 1.29 is 4.79 Å². The Hall–Kier alpha value is -1.58. The maximum Gasteiger partial charge on any atom is 0.251 e. The van der Waals surface area contributed by atoms with Gasteiger partial charge in [-0.15, -0.1) is 0 Å². The highest BCUT2D eigenvalue weighted by Crippen LogP contribution is 2.23. The smallest absolute Gasteiger partial charge is 0.251 e. The van der Waals surface area contributed by atoms with Crippen molar-refractivity contribution in [3.05, 3.63) is 23.4 Å². The molecular formula is C16H25N3O. The molecule has 20 heavy (non-hydrogen) atoms. The van der Waals surface area contributed by atoms with Crippen LogP contribution in [0.2, 0.25) is 0 Å². The molecule has 0 unspecified atom stereocenters. The van der Waals surface area contributed by atoms with Gasteiger partial charge in [0, 0.05) is 17.3 Å². The molecule has 0 atom stereocenters. The summed E-state index contributed by atoms with van der Waals surface area (Å²) in [7, 11) is 0. The molecular weight excluding hydrogens is 250 g/mol. The zero-order valence-electron chi connectivity index (χ0n) is 12.5. The number of nitrogens with two attached hydrogens (primary N) is 1. The molecule has 3 N–H and O–H groups in total. The molecule has 1 fully saturated rings. The third-order valence-corrected chi connectivity index (χ3v) is 4.02. The van der Waals surface area contributed by atoms with Crippen molar-refractivity contribution in [2.45, 2.75) is 58.4 Å². The Labute approximate surface area is 121 Å². The van der Waals surface area contributed by atoms with Crippen LogP contribution in [-0.4, -0.2) is 16.9 Å². The molecule has 110 valence electrons. The van der Waals surface area contributed by atoms with E-state index in [2.05, 4.69) is 24.1 Å². The molecule has 1 aromatic rings.